The van der Waals surface area contributed by atoms with E-state index < -0.39 is 0 Å². The normalized spacial score (nSPS) is 10.4. The van der Waals surface area contributed by atoms with E-state index in [-0.39, 0.29) is 0 Å². The summed E-state index contributed by atoms with van der Waals surface area (Å²) in [4.78, 5) is 16.0. The minimum atomic E-state index is 0.554. The van der Waals surface area contributed by atoms with Crippen LogP contribution in [0.25, 0.3) is 10.6 Å². The molecule has 82 valence electrons. The van der Waals surface area contributed by atoms with Crippen LogP contribution in [0.4, 0.5) is 0 Å². The van der Waals surface area contributed by atoms with Gasteiger partial charge in [-0.05, 0) is 38.0 Å². The molecule has 0 N–H and O–H groups in total. The van der Waals surface area contributed by atoms with Crippen molar-refractivity contribution < 1.29 is 4.79 Å². The van der Waals surface area contributed by atoms with Crippen molar-refractivity contribution >= 4 is 17.6 Å². The first-order valence-corrected chi connectivity index (χ1v) is 5.93. The Balaban J connectivity index is 2.50. The van der Waals surface area contributed by atoms with Gasteiger partial charge in [-0.25, -0.2) is 4.98 Å². The van der Waals surface area contributed by atoms with Gasteiger partial charge in [0.2, 0.25) is 0 Å². The molecule has 0 radical (unpaired) electrons. The topological polar surface area (TPSA) is 30.0 Å². The van der Waals surface area contributed by atoms with Gasteiger partial charge < -0.3 is 0 Å². The lowest BCUT2D eigenvalue weighted by Crippen LogP contribution is -1.84. The summed E-state index contributed by atoms with van der Waals surface area (Å²) in [6, 6.07) is 6.25. The number of carbonyl (C=O) groups excluding carboxylic acids is 1. The number of aryl methyl sites for hydroxylation is 3. The van der Waals surface area contributed by atoms with Crippen LogP contribution in [0, 0.1) is 20.8 Å². The van der Waals surface area contributed by atoms with Crippen molar-refractivity contribution in [1.82, 2.24) is 4.98 Å². The minimum Gasteiger partial charge on any atom is -0.296 e. The van der Waals surface area contributed by atoms with E-state index in [1.165, 1.54) is 11.1 Å². The fourth-order valence-corrected chi connectivity index (χ4v) is 2.39. The van der Waals surface area contributed by atoms with Crippen molar-refractivity contribution in [2.75, 3.05) is 0 Å². The third kappa shape index (κ3) is 1.91. The summed E-state index contributed by atoms with van der Waals surface area (Å²) < 4.78 is 0. The van der Waals surface area contributed by atoms with E-state index >= 15 is 0 Å². The third-order valence-electron chi connectivity index (χ3n) is 2.70. The van der Waals surface area contributed by atoms with Crippen molar-refractivity contribution in [3.63, 3.8) is 0 Å². The quantitative estimate of drug-likeness (QED) is 0.740. The van der Waals surface area contributed by atoms with Gasteiger partial charge >= 0.3 is 0 Å². The van der Waals surface area contributed by atoms with Gasteiger partial charge in [0.1, 0.15) is 10.7 Å². The number of carbonyl (C=O) groups is 1. The van der Waals surface area contributed by atoms with Crippen molar-refractivity contribution in [2.45, 2.75) is 20.8 Å². The second-order valence-electron chi connectivity index (χ2n) is 3.88. The zero-order chi connectivity index (χ0) is 11.7. The summed E-state index contributed by atoms with van der Waals surface area (Å²) in [6.07, 6.45) is 0.816. The van der Waals surface area contributed by atoms with Crippen LogP contribution in [0.15, 0.2) is 18.2 Å². The summed E-state index contributed by atoms with van der Waals surface area (Å²) in [5, 5.41) is 0.919. The number of aldehydes is 1. The molecule has 16 heavy (non-hydrogen) atoms. The Labute approximate surface area is 99.0 Å². The lowest BCUT2D eigenvalue weighted by atomic mass is 10.1. The van der Waals surface area contributed by atoms with Gasteiger partial charge in [0.15, 0.2) is 6.29 Å². The number of aromatic nitrogens is 1. The van der Waals surface area contributed by atoms with E-state index in [2.05, 4.69) is 37.0 Å². The molecule has 0 aliphatic heterocycles. The summed E-state index contributed by atoms with van der Waals surface area (Å²) >= 11 is 1.56. The number of benzene rings is 1. The number of rotatable bonds is 2. The maximum atomic E-state index is 10.7. The molecule has 3 heteroatoms. The molecule has 2 aromatic rings. The molecule has 0 aliphatic rings. The maximum Gasteiger partial charge on any atom is 0.169 e. The highest BCUT2D eigenvalue weighted by atomic mass is 32.1. The molecule has 0 atom stereocenters. The van der Waals surface area contributed by atoms with Crippen LogP contribution in [0.3, 0.4) is 0 Å². The average Bonchev–Trinajstić information content (AvgIpc) is 2.64. The molecule has 1 heterocycles. The predicted molar refractivity (Wildman–Crippen MR) is 67.1 cm³/mol. The Kier molecular flexibility index (Phi) is 2.88. The highest BCUT2D eigenvalue weighted by Crippen LogP contribution is 2.28. The van der Waals surface area contributed by atoms with E-state index in [0.29, 0.717) is 5.69 Å². The third-order valence-corrected chi connectivity index (χ3v) is 3.73. The number of nitrogens with zero attached hydrogens (tertiary/aromatic N) is 1. The summed E-state index contributed by atoms with van der Waals surface area (Å²) in [5.41, 5.74) is 4.16. The van der Waals surface area contributed by atoms with Gasteiger partial charge in [0, 0.05) is 10.4 Å². The highest BCUT2D eigenvalue weighted by molar-refractivity contribution is 7.15. The molecule has 0 saturated carbocycles. The molecule has 2 nitrogen and oxygen atoms in total. The van der Waals surface area contributed by atoms with E-state index in [4.69, 9.17) is 0 Å². The van der Waals surface area contributed by atoms with E-state index in [1.807, 2.05) is 6.92 Å². The number of hydrogen-bond donors (Lipinski definition) is 0. The van der Waals surface area contributed by atoms with Crippen LogP contribution in [-0.4, -0.2) is 11.3 Å². The SMILES string of the molecule is Cc1ccc(-c2nc(C=O)c(C)s2)cc1C. The molecule has 2 rings (SSSR count). The van der Waals surface area contributed by atoms with Crippen LogP contribution in [-0.2, 0) is 0 Å². The fraction of sp³-hybridized carbons (Fsp3) is 0.231. The van der Waals surface area contributed by atoms with Crippen molar-refractivity contribution in [2.24, 2.45) is 0 Å². The summed E-state index contributed by atoms with van der Waals surface area (Å²) in [7, 11) is 0. The molecule has 0 saturated heterocycles. The highest BCUT2D eigenvalue weighted by Gasteiger charge is 2.08. The molecule has 1 aromatic carbocycles. The minimum absolute atomic E-state index is 0.554. The predicted octanol–water partition coefficient (Wildman–Crippen LogP) is 3.55. The summed E-state index contributed by atoms with van der Waals surface area (Å²) in [6.45, 7) is 6.09. The maximum absolute atomic E-state index is 10.7. The van der Waals surface area contributed by atoms with Gasteiger partial charge in [-0.1, -0.05) is 12.1 Å². The second-order valence-corrected chi connectivity index (χ2v) is 5.08. The first-order chi connectivity index (χ1) is 7.61. The average molecular weight is 231 g/mol. The zero-order valence-electron chi connectivity index (χ0n) is 9.57. The van der Waals surface area contributed by atoms with E-state index in [0.717, 1.165) is 21.7 Å². The zero-order valence-corrected chi connectivity index (χ0v) is 10.4. The molecule has 0 fully saturated rings. The lowest BCUT2D eigenvalue weighted by molar-refractivity contribution is 0.111. The van der Waals surface area contributed by atoms with Gasteiger partial charge in [0.05, 0.1) is 0 Å². The largest absolute Gasteiger partial charge is 0.296 e. The fourth-order valence-electron chi connectivity index (χ4n) is 1.52. The van der Waals surface area contributed by atoms with Crippen LogP contribution < -0.4 is 0 Å². The second kappa shape index (κ2) is 4.18. The van der Waals surface area contributed by atoms with Crippen LogP contribution in [0.5, 0.6) is 0 Å². The Morgan fingerprint density at radius 2 is 1.94 bits per heavy atom. The Hall–Kier alpha value is -1.48. The van der Waals surface area contributed by atoms with Gasteiger partial charge in [-0.15, -0.1) is 11.3 Å². The van der Waals surface area contributed by atoms with Crippen molar-refractivity contribution in [1.29, 1.82) is 0 Å². The monoisotopic (exact) mass is 231 g/mol. The smallest absolute Gasteiger partial charge is 0.169 e. The molecule has 0 unspecified atom stereocenters. The molecule has 0 spiro atoms. The Bertz CT molecular complexity index is 543. The molecular formula is C13H13NOS. The Morgan fingerprint density at radius 3 is 2.50 bits per heavy atom. The summed E-state index contributed by atoms with van der Waals surface area (Å²) in [5.74, 6) is 0. The van der Waals surface area contributed by atoms with Crippen LogP contribution in [0.2, 0.25) is 0 Å². The van der Waals surface area contributed by atoms with Crippen molar-refractivity contribution in [3.05, 3.63) is 39.9 Å². The van der Waals surface area contributed by atoms with Gasteiger partial charge in [-0.3, -0.25) is 4.79 Å². The van der Waals surface area contributed by atoms with Crippen molar-refractivity contribution in [3.8, 4) is 10.6 Å². The molecule has 0 aliphatic carbocycles. The molecular weight excluding hydrogens is 218 g/mol. The number of thiazole rings is 1. The first kappa shape index (κ1) is 11.0. The molecule has 1 aromatic heterocycles. The Morgan fingerprint density at radius 1 is 1.19 bits per heavy atom. The standard InChI is InChI=1S/C13H13NOS/c1-8-4-5-11(6-9(8)2)13-14-12(7-15)10(3)16-13/h4-7H,1-3H3. The van der Waals surface area contributed by atoms with E-state index in [9.17, 15) is 4.79 Å². The van der Waals surface area contributed by atoms with Gasteiger partial charge in [0.25, 0.3) is 0 Å². The molecule has 0 amide bonds. The first-order valence-electron chi connectivity index (χ1n) is 5.12. The lowest BCUT2D eigenvalue weighted by Gasteiger charge is -2.01. The molecule has 0 bridgehead atoms. The van der Waals surface area contributed by atoms with E-state index in [1.54, 1.807) is 11.3 Å². The van der Waals surface area contributed by atoms with Crippen LogP contribution >= 0.6 is 11.3 Å². The van der Waals surface area contributed by atoms with Gasteiger partial charge in [-0.2, -0.15) is 0 Å². The van der Waals surface area contributed by atoms with Crippen LogP contribution in [0.1, 0.15) is 26.5 Å². The number of hydrogen-bond acceptors (Lipinski definition) is 3.